The van der Waals surface area contributed by atoms with Crippen molar-refractivity contribution in [2.24, 2.45) is 0 Å². The number of fused-ring (bicyclic) bond motifs is 1. The number of hydrogen-bond acceptors (Lipinski definition) is 6. The Morgan fingerprint density at radius 3 is 2.31 bits per heavy atom. The Labute approximate surface area is 172 Å². The van der Waals surface area contributed by atoms with E-state index in [1.54, 1.807) is 27.5 Å². The number of anilines is 1. The molecule has 0 radical (unpaired) electrons. The zero-order valence-electron chi connectivity index (χ0n) is 16.1. The summed E-state index contributed by atoms with van der Waals surface area (Å²) in [5.41, 5.74) is 9.79. The van der Waals surface area contributed by atoms with E-state index < -0.39 is 0 Å². The van der Waals surface area contributed by atoms with Gasteiger partial charge in [-0.15, -0.1) is 0 Å². The number of imidazole rings is 1. The molecule has 0 saturated heterocycles. The van der Waals surface area contributed by atoms with Crippen LogP contribution in [-0.2, 0) is 0 Å². The van der Waals surface area contributed by atoms with Crippen LogP contribution in [0, 0.1) is 0 Å². The summed E-state index contributed by atoms with van der Waals surface area (Å²) in [5, 5.41) is 1.55. The Hall–Kier alpha value is -3.45. The first-order valence-electron chi connectivity index (χ1n) is 8.75. The fourth-order valence-electron chi connectivity index (χ4n) is 3.27. The zero-order valence-corrected chi connectivity index (χ0v) is 16.9. The summed E-state index contributed by atoms with van der Waals surface area (Å²) in [6, 6.07) is 11.2. The molecule has 0 saturated carbocycles. The molecular formula is C21H19ClN4O3. The zero-order chi connectivity index (χ0) is 20.5. The molecule has 0 unspecified atom stereocenters. The van der Waals surface area contributed by atoms with Gasteiger partial charge in [0.05, 0.1) is 38.2 Å². The molecule has 29 heavy (non-hydrogen) atoms. The molecule has 0 fully saturated rings. The van der Waals surface area contributed by atoms with Gasteiger partial charge in [0.15, 0.2) is 17.4 Å². The van der Waals surface area contributed by atoms with Gasteiger partial charge in [0, 0.05) is 27.7 Å². The van der Waals surface area contributed by atoms with Crippen molar-refractivity contribution in [3.05, 3.63) is 47.6 Å². The number of H-pyrrole nitrogens is 1. The number of rotatable bonds is 5. The van der Waals surface area contributed by atoms with E-state index in [9.17, 15) is 0 Å². The number of ether oxygens (including phenoxy) is 3. The van der Waals surface area contributed by atoms with E-state index in [1.165, 1.54) is 0 Å². The highest BCUT2D eigenvalue weighted by Crippen LogP contribution is 2.43. The standard InChI is InChI=1S/C21H19ClN4O3/c1-27-16-8-12(9-17(28-2)20(16)29-3)18-19(26-21(23)25-18)13-6-11-7-14(22)4-5-15(11)24-10-13/h4-10H,1-3H3,(H3,23,25,26). The number of aromatic nitrogens is 3. The minimum atomic E-state index is 0.287. The number of hydrogen-bond donors (Lipinski definition) is 2. The molecular weight excluding hydrogens is 392 g/mol. The van der Waals surface area contributed by atoms with Gasteiger partial charge >= 0.3 is 0 Å². The van der Waals surface area contributed by atoms with Crippen LogP contribution < -0.4 is 19.9 Å². The molecule has 0 amide bonds. The maximum atomic E-state index is 6.13. The maximum absolute atomic E-state index is 6.13. The average Bonchev–Trinajstić information content (AvgIpc) is 3.13. The van der Waals surface area contributed by atoms with Gasteiger partial charge in [-0.1, -0.05) is 11.6 Å². The van der Waals surface area contributed by atoms with Crippen LogP contribution in [0.2, 0.25) is 5.02 Å². The second-order valence-corrected chi connectivity index (χ2v) is 6.76. The number of aromatic amines is 1. The van der Waals surface area contributed by atoms with Crippen molar-refractivity contribution < 1.29 is 14.2 Å². The molecule has 0 atom stereocenters. The van der Waals surface area contributed by atoms with Gasteiger partial charge in [0.1, 0.15) is 0 Å². The number of nitrogens with one attached hydrogen (secondary N) is 1. The Bertz CT molecular complexity index is 1180. The minimum absolute atomic E-state index is 0.287. The molecule has 7 nitrogen and oxygen atoms in total. The van der Waals surface area contributed by atoms with E-state index in [4.69, 9.17) is 31.5 Å². The van der Waals surface area contributed by atoms with Crippen LogP contribution in [0.15, 0.2) is 42.6 Å². The SMILES string of the molecule is COc1cc(-c2[nH]c(N)nc2-c2cnc3ccc(Cl)cc3c2)cc(OC)c1OC. The first-order chi connectivity index (χ1) is 14.0. The number of halogens is 1. The molecule has 148 valence electrons. The Balaban J connectivity index is 1.90. The number of nitrogens with zero attached hydrogens (tertiary/aromatic N) is 2. The fraction of sp³-hybridized carbons (Fsp3) is 0.143. The third kappa shape index (κ3) is 3.40. The van der Waals surface area contributed by atoms with Crippen LogP contribution >= 0.6 is 11.6 Å². The average molecular weight is 411 g/mol. The molecule has 0 spiro atoms. The topological polar surface area (TPSA) is 95.3 Å². The van der Waals surface area contributed by atoms with Gasteiger partial charge < -0.3 is 24.9 Å². The highest BCUT2D eigenvalue weighted by Gasteiger charge is 2.19. The van der Waals surface area contributed by atoms with Crippen molar-refractivity contribution in [3.8, 4) is 39.8 Å². The second-order valence-electron chi connectivity index (χ2n) is 6.32. The maximum Gasteiger partial charge on any atom is 0.203 e. The normalized spacial score (nSPS) is 10.9. The molecule has 0 aliphatic carbocycles. The molecule has 0 bridgehead atoms. The van der Waals surface area contributed by atoms with Crippen molar-refractivity contribution in [3.63, 3.8) is 0 Å². The number of pyridine rings is 1. The van der Waals surface area contributed by atoms with E-state index >= 15 is 0 Å². The predicted octanol–water partition coefficient (Wildman–Crippen LogP) is 4.55. The first-order valence-corrected chi connectivity index (χ1v) is 9.13. The number of methoxy groups -OCH3 is 3. The molecule has 3 N–H and O–H groups in total. The summed E-state index contributed by atoms with van der Waals surface area (Å²) < 4.78 is 16.3. The van der Waals surface area contributed by atoms with Crippen LogP contribution in [0.1, 0.15) is 0 Å². The van der Waals surface area contributed by atoms with Crippen LogP contribution in [0.25, 0.3) is 33.4 Å². The molecule has 4 aromatic rings. The van der Waals surface area contributed by atoms with Crippen LogP contribution in [-0.4, -0.2) is 36.3 Å². The van der Waals surface area contributed by atoms with Crippen molar-refractivity contribution in [1.29, 1.82) is 0 Å². The van der Waals surface area contributed by atoms with Crippen LogP contribution in [0.3, 0.4) is 0 Å². The summed E-state index contributed by atoms with van der Waals surface area (Å²) in [4.78, 5) is 12.1. The molecule has 2 aromatic heterocycles. The summed E-state index contributed by atoms with van der Waals surface area (Å²) in [5.74, 6) is 1.86. The lowest BCUT2D eigenvalue weighted by atomic mass is 10.0. The van der Waals surface area contributed by atoms with E-state index in [0.717, 1.165) is 22.0 Å². The third-order valence-corrected chi connectivity index (χ3v) is 4.83. The largest absolute Gasteiger partial charge is 0.493 e. The van der Waals surface area contributed by atoms with E-state index in [2.05, 4.69) is 15.0 Å². The van der Waals surface area contributed by atoms with Crippen molar-refractivity contribution in [2.75, 3.05) is 27.1 Å². The Morgan fingerprint density at radius 2 is 1.66 bits per heavy atom. The van der Waals surface area contributed by atoms with E-state index in [1.807, 2.05) is 36.4 Å². The lowest BCUT2D eigenvalue weighted by molar-refractivity contribution is 0.324. The second kappa shape index (κ2) is 7.52. The minimum Gasteiger partial charge on any atom is -0.493 e. The number of benzene rings is 2. The van der Waals surface area contributed by atoms with Gasteiger partial charge in [-0.3, -0.25) is 4.98 Å². The van der Waals surface area contributed by atoms with Crippen molar-refractivity contribution >= 4 is 28.5 Å². The predicted molar refractivity (Wildman–Crippen MR) is 114 cm³/mol. The van der Waals surface area contributed by atoms with E-state index in [0.29, 0.717) is 33.7 Å². The lowest BCUT2D eigenvalue weighted by Gasteiger charge is -2.14. The molecule has 2 aromatic carbocycles. The number of nitrogen functional groups attached to an aromatic ring is 1. The Kier molecular flexibility index (Phi) is 4.90. The lowest BCUT2D eigenvalue weighted by Crippen LogP contribution is -1.96. The smallest absolute Gasteiger partial charge is 0.203 e. The summed E-state index contributed by atoms with van der Waals surface area (Å²) >= 11 is 6.13. The molecule has 0 aliphatic heterocycles. The third-order valence-electron chi connectivity index (χ3n) is 4.59. The molecule has 4 rings (SSSR count). The quantitative estimate of drug-likeness (QED) is 0.501. The van der Waals surface area contributed by atoms with E-state index in [-0.39, 0.29) is 5.95 Å². The molecule has 8 heteroatoms. The monoisotopic (exact) mass is 410 g/mol. The fourth-order valence-corrected chi connectivity index (χ4v) is 3.45. The summed E-state index contributed by atoms with van der Waals surface area (Å²) in [6.07, 6.45) is 1.76. The molecule has 0 aliphatic rings. The summed E-state index contributed by atoms with van der Waals surface area (Å²) in [6.45, 7) is 0. The van der Waals surface area contributed by atoms with Crippen molar-refractivity contribution in [1.82, 2.24) is 15.0 Å². The summed E-state index contributed by atoms with van der Waals surface area (Å²) in [7, 11) is 4.70. The number of nitrogens with two attached hydrogens (primary N) is 1. The highest BCUT2D eigenvalue weighted by atomic mass is 35.5. The van der Waals surface area contributed by atoms with Gasteiger partial charge in [-0.05, 0) is 36.4 Å². The van der Waals surface area contributed by atoms with Gasteiger partial charge in [-0.2, -0.15) is 0 Å². The van der Waals surface area contributed by atoms with Gasteiger partial charge in [0.25, 0.3) is 0 Å². The van der Waals surface area contributed by atoms with Crippen LogP contribution in [0.4, 0.5) is 5.95 Å². The first kappa shape index (κ1) is 18.9. The van der Waals surface area contributed by atoms with Crippen molar-refractivity contribution in [2.45, 2.75) is 0 Å². The van der Waals surface area contributed by atoms with Gasteiger partial charge in [-0.25, -0.2) is 4.98 Å². The van der Waals surface area contributed by atoms with Crippen LogP contribution in [0.5, 0.6) is 17.2 Å². The molecule has 2 heterocycles. The highest BCUT2D eigenvalue weighted by molar-refractivity contribution is 6.31. The Morgan fingerprint density at radius 1 is 0.931 bits per heavy atom. The van der Waals surface area contributed by atoms with Gasteiger partial charge in [0.2, 0.25) is 5.75 Å².